The van der Waals surface area contributed by atoms with E-state index in [4.69, 9.17) is 9.15 Å². The van der Waals surface area contributed by atoms with E-state index in [9.17, 15) is 0 Å². The zero-order valence-electron chi connectivity index (χ0n) is 13.2. The Kier molecular flexibility index (Phi) is 4.12. The first-order valence-electron chi connectivity index (χ1n) is 7.96. The Morgan fingerprint density at radius 2 is 1.88 bits per heavy atom. The maximum Gasteiger partial charge on any atom is 0.154 e. The summed E-state index contributed by atoms with van der Waals surface area (Å²) >= 11 is 0. The van der Waals surface area contributed by atoms with Gasteiger partial charge in [-0.25, -0.2) is 4.68 Å². The van der Waals surface area contributed by atoms with Crippen LogP contribution in [0.2, 0.25) is 0 Å². The van der Waals surface area contributed by atoms with E-state index in [0.717, 1.165) is 35.8 Å². The highest BCUT2D eigenvalue weighted by Crippen LogP contribution is 2.23. The number of rotatable bonds is 4. The minimum Gasteiger partial charge on any atom is -0.463 e. The molecule has 0 aliphatic carbocycles. The van der Waals surface area contributed by atoms with Gasteiger partial charge in [-0.05, 0) is 24.3 Å². The summed E-state index contributed by atoms with van der Waals surface area (Å²) in [7, 11) is 0. The Balaban J connectivity index is 1.68. The van der Waals surface area contributed by atoms with Crippen molar-refractivity contribution in [3.63, 3.8) is 0 Å². The molecule has 0 saturated carbocycles. The van der Waals surface area contributed by atoms with Crippen molar-refractivity contribution >= 4 is 6.21 Å². The highest BCUT2D eigenvalue weighted by atomic mass is 16.5. The molecule has 122 valence electrons. The fourth-order valence-corrected chi connectivity index (χ4v) is 2.61. The van der Waals surface area contributed by atoms with Crippen LogP contribution in [-0.2, 0) is 4.74 Å². The van der Waals surface area contributed by atoms with Crippen LogP contribution in [0.5, 0.6) is 0 Å². The van der Waals surface area contributed by atoms with Crippen LogP contribution in [0.15, 0.2) is 64.4 Å². The first-order chi connectivity index (χ1) is 11.9. The van der Waals surface area contributed by atoms with Gasteiger partial charge < -0.3 is 9.15 Å². The summed E-state index contributed by atoms with van der Waals surface area (Å²) in [5.41, 5.74) is 2.69. The van der Waals surface area contributed by atoms with Gasteiger partial charge in [-0.1, -0.05) is 18.2 Å². The van der Waals surface area contributed by atoms with Crippen molar-refractivity contribution in [3.8, 4) is 17.1 Å². The second kappa shape index (κ2) is 6.72. The third-order valence-corrected chi connectivity index (χ3v) is 3.87. The summed E-state index contributed by atoms with van der Waals surface area (Å²) in [4.78, 5) is 0. The maximum absolute atomic E-state index is 5.53. The number of para-hydroxylation sites is 1. The summed E-state index contributed by atoms with van der Waals surface area (Å²) in [6, 6.07) is 13.8. The van der Waals surface area contributed by atoms with E-state index in [1.165, 1.54) is 0 Å². The molecule has 1 aliphatic heterocycles. The van der Waals surface area contributed by atoms with Crippen molar-refractivity contribution in [2.45, 2.75) is 0 Å². The summed E-state index contributed by atoms with van der Waals surface area (Å²) < 4.78 is 12.7. The zero-order chi connectivity index (χ0) is 16.2. The van der Waals surface area contributed by atoms with Crippen molar-refractivity contribution < 1.29 is 9.15 Å². The lowest BCUT2D eigenvalue weighted by Crippen LogP contribution is -2.32. The molecule has 0 atom stereocenters. The van der Waals surface area contributed by atoms with Gasteiger partial charge in [0.05, 0.1) is 44.5 Å². The van der Waals surface area contributed by atoms with Crippen LogP contribution >= 0.6 is 0 Å². The monoisotopic (exact) mass is 322 g/mol. The van der Waals surface area contributed by atoms with E-state index < -0.39 is 0 Å². The second-order valence-corrected chi connectivity index (χ2v) is 5.50. The van der Waals surface area contributed by atoms with E-state index in [1.807, 2.05) is 64.6 Å². The normalized spacial score (nSPS) is 15.2. The number of furan rings is 1. The highest BCUT2D eigenvalue weighted by Gasteiger charge is 2.14. The van der Waals surface area contributed by atoms with E-state index in [0.29, 0.717) is 13.2 Å². The molecule has 0 spiro atoms. The largest absolute Gasteiger partial charge is 0.463 e. The van der Waals surface area contributed by atoms with E-state index in [-0.39, 0.29) is 0 Å². The molecule has 1 aromatic carbocycles. The molecule has 1 aliphatic rings. The average molecular weight is 322 g/mol. The third-order valence-electron chi connectivity index (χ3n) is 3.87. The molecule has 0 bridgehead atoms. The number of nitrogens with zero attached hydrogens (tertiary/aromatic N) is 4. The SMILES string of the molecule is C(=N/N1CCOCC1)/c1cn(-c2ccccc2)nc1-c1ccco1. The van der Waals surface area contributed by atoms with Gasteiger partial charge in [0, 0.05) is 11.8 Å². The van der Waals surface area contributed by atoms with Gasteiger partial charge in [0.25, 0.3) is 0 Å². The summed E-state index contributed by atoms with van der Waals surface area (Å²) in [5.74, 6) is 0.730. The standard InChI is InChI=1S/C18H18N4O2/c1-2-5-16(6-3-1)22-14-15(13-19-21-8-11-23-12-9-21)18(20-22)17-7-4-10-24-17/h1-7,10,13-14H,8-9,11-12H2/b19-13-. The third kappa shape index (κ3) is 3.09. The zero-order valence-corrected chi connectivity index (χ0v) is 13.2. The Labute approximate surface area is 140 Å². The van der Waals surface area contributed by atoms with Crippen molar-refractivity contribution in [3.05, 3.63) is 60.5 Å². The Hall–Kier alpha value is -2.86. The molecule has 1 fully saturated rings. The predicted molar refractivity (Wildman–Crippen MR) is 91.3 cm³/mol. The summed E-state index contributed by atoms with van der Waals surface area (Å²) in [6.45, 7) is 3.04. The smallest absolute Gasteiger partial charge is 0.154 e. The van der Waals surface area contributed by atoms with Gasteiger partial charge in [0.1, 0.15) is 5.69 Å². The topological polar surface area (TPSA) is 55.8 Å². The van der Waals surface area contributed by atoms with Crippen LogP contribution < -0.4 is 0 Å². The Bertz CT molecular complexity index is 803. The number of benzene rings is 1. The molecule has 6 nitrogen and oxygen atoms in total. The molecule has 3 aromatic rings. The summed E-state index contributed by atoms with van der Waals surface area (Å²) in [6.07, 6.45) is 5.46. The molecule has 1 saturated heterocycles. The Morgan fingerprint density at radius 3 is 2.62 bits per heavy atom. The molecule has 0 radical (unpaired) electrons. The van der Waals surface area contributed by atoms with Crippen LogP contribution in [0.3, 0.4) is 0 Å². The van der Waals surface area contributed by atoms with Gasteiger partial charge >= 0.3 is 0 Å². The lowest BCUT2D eigenvalue weighted by molar-refractivity contribution is 0.0397. The first kappa shape index (κ1) is 14.7. The Morgan fingerprint density at radius 1 is 1.04 bits per heavy atom. The van der Waals surface area contributed by atoms with E-state index in [2.05, 4.69) is 10.2 Å². The van der Waals surface area contributed by atoms with Gasteiger partial charge in [-0.15, -0.1) is 0 Å². The lowest BCUT2D eigenvalue weighted by atomic mass is 10.2. The lowest BCUT2D eigenvalue weighted by Gasteiger charge is -2.23. The predicted octanol–water partition coefficient (Wildman–Crippen LogP) is 2.80. The van der Waals surface area contributed by atoms with Crippen molar-refractivity contribution in [1.29, 1.82) is 0 Å². The number of morpholine rings is 1. The number of hydrogen-bond acceptors (Lipinski definition) is 5. The minimum atomic E-state index is 0.714. The second-order valence-electron chi connectivity index (χ2n) is 5.50. The molecule has 2 aromatic heterocycles. The van der Waals surface area contributed by atoms with Crippen molar-refractivity contribution in [2.75, 3.05) is 26.3 Å². The summed E-state index contributed by atoms with van der Waals surface area (Å²) in [5, 5.41) is 11.2. The fraction of sp³-hybridized carbons (Fsp3) is 0.222. The molecular formula is C18H18N4O2. The molecular weight excluding hydrogens is 304 g/mol. The first-order valence-corrected chi connectivity index (χ1v) is 7.96. The number of hydrogen-bond donors (Lipinski definition) is 0. The number of hydrazone groups is 1. The molecule has 3 heterocycles. The van der Waals surface area contributed by atoms with Crippen LogP contribution in [0.1, 0.15) is 5.56 Å². The number of aromatic nitrogens is 2. The molecule has 0 unspecified atom stereocenters. The average Bonchev–Trinajstić information content (AvgIpc) is 3.31. The van der Waals surface area contributed by atoms with Gasteiger partial charge in [0.15, 0.2) is 5.76 Å². The van der Waals surface area contributed by atoms with Crippen LogP contribution in [0.25, 0.3) is 17.1 Å². The molecule has 24 heavy (non-hydrogen) atoms. The number of ether oxygens (including phenoxy) is 1. The highest BCUT2D eigenvalue weighted by molar-refractivity contribution is 5.87. The van der Waals surface area contributed by atoms with Gasteiger partial charge in [-0.2, -0.15) is 10.2 Å². The van der Waals surface area contributed by atoms with Crippen LogP contribution in [0.4, 0.5) is 0 Å². The van der Waals surface area contributed by atoms with Gasteiger partial charge in [0.2, 0.25) is 0 Å². The van der Waals surface area contributed by atoms with Crippen LogP contribution in [0, 0.1) is 0 Å². The van der Waals surface area contributed by atoms with Gasteiger partial charge in [-0.3, -0.25) is 5.01 Å². The van der Waals surface area contributed by atoms with Crippen LogP contribution in [-0.4, -0.2) is 47.3 Å². The molecule has 0 amide bonds. The van der Waals surface area contributed by atoms with Crippen molar-refractivity contribution in [2.24, 2.45) is 5.10 Å². The van der Waals surface area contributed by atoms with E-state index >= 15 is 0 Å². The van der Waals surface area contributed by atoms with Crippen molar-refractivity contribution in [1.82, 2.24) is 14.8 Å². The quantitative estimate of drug-likeness (QED) is 0.693. The minimum absolute atomic E-state index is 0.714. The molecule has 0 N–H and O–H groups in total. The van der Waals surface area contributed by atoms with E-state index in [1.54, 1.807) is 6.26 Å². The maximum atomic E-state index is 5.53. The molecule has 4 rings (SSSR count). The molecule has 6 heteroatoms. The fourth-order valence-electron chi connectivity index (χ4n) is 2.61.